The monoisotopic (exact) mass is 527 g/mol. The van der Waals surface area contributed by atoms with E-state index in [1.807, 2.05) is 31.3 Å². The highest BCUT2D eigenvalue weighted by atomic mass is 16.1. The lowest BCUT2D eigenvalue weighted by molar-refractivity contribution is 0.918. The molecule has 0 bridgehead atoms. The molecule has 0 saturated heterocycles. The maximum Gasteiger partial charge on any atom is 0.258 e. The number of fused-ring (bicyclic) bond motifs is 3. The fourth-order valence-corrected chi connectivity index (χ4v) is 6.01. The molecule has 41 heavy (non-hydrogen) atoms. The zero-order valence-corrected chi connectivity index (χ0v) is 23.1. The fourth-order valence-electron chi connectivity index (χ4n) is 6.01. The van der Waals surface area contributed by atoms with Gasteiger partial charge in [-0.2, -0.15) is 0 Å². The van der Waals surface area contributed by atoms with Gasteiger partial charge >= 0.3 is 0 Å². The van der Waals surface area contributed by atoms with Gasteiger partial charge in [-0.15, -0.1) is 0 Å². The molecule has 0 aliphatic carbocycles. The average molecular weight is 528 g/mol. The van der Waals surface area contributed by atoms with Gasteiger partial charge in [-0.25, -0.2) is 0 Å². The number of aromatic nitrogens is 1. The molecule has 6 aromatic carbocycles. The summed E-state index contributed by atoms with van der Waals surface area (Å²) in [6.45, 7) is 2.19. The van der Waals surface area contributed by atoms with Crippen LogP contribution in [0.1, 0.15) is 5.56 Å². The van der Waals surface area contributed by atoms with E-state index in [2.05, 4.69) is 122 Å². The van der Waals surface area contributed by atoms with Crippen LogP contribution >= 0.6 is 0 Å². The van der Waals surface area contributed by atoms with Gasteiger partial charge in [0.05, 0.1) is 5.52 Å². The number of benzene rings is 6. The molecule has 1 heterocycles. The Kier molecular flexibility index (Phi) is 6.10. The van der Waals surface area contributed by atoms with Gasteiger partial charge in [-0.3, -0.25) is 4.79 Å². The quantitative estimate of drug-likeness (QED) is 0.209. The van der Waals surface area contributed by atoms with Gasteiger partial charge in [0, 0.05) is 17.8 Å². The van der Waals surface area contributed by atoms with Crippen LogP contribution in [0.15, 0.2) is 144 Å². The molecule has 0 N–H and O–H groups in total. The van der Waals surface area contributed by atoms with Crippen molar-refractivity contribution in [1.82, 2.24) is 4.57 Å². The molecule has 0 atom stereocenters. The second-order valence-corrected chi connectivity index (χ2v) is 10.7. The summed E-state index contributed by atoms with van der Waals surface area (Å²) in [4.78, 5) is 13.2. The molecule has 0 radical (unpaired) electrons. The maximum absolute atomic E-state index is 13.2. The van der Waals surface area contributed by atoms with Crippen molar-refractivity contribution in [1.29, 1.82) is 0 Å². The number of hydrogen-bond acceptors (Lipinski definition) is 1. The van der Waals surface area contributed by atoms with E-state index in [9.17, 15) is 4.79 Å². The van der Waals surface area contributed by atoms with E-state index in [1.165, 1.54) is 38.9 Å². The van der Waals surface area contributed by atoms with Gasteiger partial charge in [-0.1, -0.05) is 127 Å². The van der Waals surface area contributed by atoms with Crippen LogP contribution in [-0.2, 0) is 7.05 Å². The summed E-state index contributed by atoms with van der Waals surface area (Å²) in [5.74, 6) is 0. The van der Waals surface area contributed by atoms with Crippen LogP contribution < -0.4 is 5.56 Å². The van der Waals surface area contributed by atoms with E-state index >= 15 is 0 Å². The topological polar surface area (TPSA) is 22.0 Å². The Labute approximate surface area is 239 Å². The summed E-state index contributed by atoms with van der Waals surface area (Å²) in [6, 6.07) is 48.9. The molecule has 0 aliphatic heterocycles. The molecule has 7 aromatic rings. The highest BCUT2D eigenvalue weighted by molar-refractivity contribution is 6.06. The van der Waals surface area contributed by atoms with E-state index in [4.69, 9.17) is 0 Å². The van der Waals surface area contributed by atoms with Crippen molar-refractivity contribution in [3.05, 3.63) is 155 Å². The predicted octanol–water partition coefficient (Wildman–Crippen LogP) is 9.67. The highest BCUT2D eigenvalue weighted by Crippen LogP contribution is 2.36. The highest BCUT2D eigenvalue weighted by Gasteiger charge is 2.12. The van der Waals surface area contributed by atoms with Crippen molar-refractivity contribution in [3.63, 3.8) is 0 Å². The van der Waals surface area contributed by atoms with Gasteiger partial charge in [0.2, 0.25) is 0 Å². The summed E-state index contributed by atoms with van der Waals surface area (Å²) < 4.78 is 1.74. The van der Waals surface area contributed by atoms with Gasteiger partial charge in [-0.05, 0) is 74.5 Å². The van der Waals surface area contributed by atoms with Crippen LogP contribution in [-0.4, -0.2) is 4.57 Å². The van der Waals surface area contributed by atoms with Crippen molar-refractivity contribution in [3.8, 4) is 44.5 Å². The first-order valence-corrected chi connectivity index (χ1v) is 14.0. The van der Waals surface area contributed by atoms with Gasteiger partial charge in [0.1, 0.15) is 0 Å². The maximum atomic E-state index is 13.2. The molecule has 0 unspecified atom stereocenters. The minimum absolute atomic E-state index is 0.0292. The van der Waals surface area contributed by atoms with Crippen LogP contribution in [0, 0.1) is 6.92 Å². The van der Waals surface area contributed by atoms with Crippen molar-refractivity contribution in [2.75, 3.05) is 0 Å². The summed E-state index contributed by atoms with van der Waals surface area (Å²) in [6.07, 6.45) is 0. The zero-order valence-electron chi connectivity index (χ0n) is 23.1. The Balaban J connectivity index is 1.23. The normalized spacial score (nSPS) is 11.3. The summed E-state index contributed by atoms with van der Waals surface area (Å²) in [5, 5.41) is 2.83. The van der Waals surface area contributed by atoms with Crippen molar-refractivity contribution >= 4 is 21.7 Å². The Morgan fingerprint density at radius 1 is 0.439 bits per heavy atom. The standard InChI is InChI=1S/C39H29NO/c1-26-24-30(20-22-32(26)34-13-7-6-12-33(34)29-10-4-3-5-11-29)27-16-18-28(19-17-27)31-21-23-35-36-14-8-9-15-38(36)40(2)39(41)37(35)25-31/h3-25H,1-2H3. The number of aryl methyl sites for hydroxylation is 2. The lowest BCUT2D eigenvalue weighted by atomic mass is 9.90. The lowest BCUT2D eigenvalue weighted by Gasteiger charge is -2.14. The second-order valence-electron chi connectivity index (χ2n) is 10.7. The lowest BCUT2D eigenvalue weighted by Crippen LogP contribution is -2.17. The molecular formula is C39H29NO. The minimum atomic E-state index is 0.0292. The summed E-state index contributed by atoms with van der Waals surface area (Å²) >= 11 is 0. The molecule has 7 rings (SSSR count). The molecule has 0 amide bonds. The average Bonchev–Trinajstić information content (AvgIpc) is 3.04. The Morgan fingerprint density at radius 2 is 1.02 bits per heavy atom. The number of hydrogen-bond donors (Lipinski definition) is 0. The first kappa shape index (κ1) is 24.8. The van der Waals surface area contributed by atoms with Crippen molar-refractivity contribution in [2.24, 2.45) is 7.05 Å². The smallest absolute Gasteiger partial charge is 0.258 e. The Hall–Kier alpha value is -5.21. The largest absolute Gasteiger partial charge is 0.311 e. The summed E-state index contributed by atoms with van der Waals surface area (Å²) in [7, 11) is 1.85. The molecule has 0 saturated carbocycles. The summed E-state index contributed by atoms with van der Waals surface area (Å²) in [5.41, 5.74) is 11.7. The molecular weight excluding hydrogens is 498 g/mol. The molecule has 0 spiro atoms. The number of nitrogens with zero attached hydrogens (tertiary/aromatic N) is 1. The molecule has 0 fully saturated rings. The predicted molar refractivity (Wildman–Crippen MR) is 173 cm³/mol. The first-order valence-electron chi connectivity index (χ1n) is 14.0. The SMILES string of the molecule is Cc1cc(-c2ccc(-c3ccc4c(c3)c(=O)n(C)c3ccccc43)cc2)ccc1-c1ccccc1-c1ccccc1. The number of rotatable bonds is 4. The van der Waals surface area contributed by atoms with E-state index in [1.54, 1.807) is 4.57 Å². The minimum Gasteiger partial charge on any atom is -0.311 e. The Bertz CT molecular complexity index is 2120. The third-order valence-corrected chi connectivity index (χ3v) is 8.19. The van der Waals surface area contributed by atoms with Crippen LogP contribution in [0.5, 0.6) is 0 Å². The van der Waals surface area contributed by atoms with Gasteiger partial charge in [0.15, 0.2) is 0 Å². The Morgan fingerprint density at radius 3 is 1.76 bits per heavy atom. The molecule has 0 aliphatic rings. The van der Waals surface area contributed by atoms with Gasteiger partial charge < -0.3 is 4.57 Å². The van der Waals surface area contributed by atoms with E-state index in [0.29, 0.717) is 0 Å². The third-order valence-electron chi connectivity index (χ3n) is 8.19. The zero-order chi connectivity index (χ0) is 27.9. The first-order chi connectivity index (χ1) is 20.1. The molecule has 196 valence electrons. The van der Waals surface area contributed by atoms with Crippen molar-refractivity contribution < 1.29 is 0 Å². The number of pyridine rings is 1. The van der Waals surface area contributed by atoms with E-state index < -0.39 is 0 Å². The number of para-hydroxylation sites is 1. The van der Waals surface area contributed by atoms with Crippen LogP contribution in [0.3, 0.4) is 0 Å². The van der Waals surface area contributed by atoms with E-state index in [-0.39, 0.29) is 5.56 Å². The third kappa shape index (κ3) is 4.34. The van der Waals surface area contributed by atoms with Crippen molar-refractivity contribution in [2.45, 2.75) is 6.92 Å². The fraction of sp³-hybridized carbons (Fsp3) is 0.0513. The van der Waals surface area contributed by atoms with Crippen LogP contribution in [0.25, 0.3) is 66.2 Å². The second kappa shape index (κ2) is 10.1. The van der Waals surface area contributed by atoms with Gasteiger partial charge in [0.25, 0.3) is 5.56 Å². The molecule has 2 heteroatoms. The molecule has 2 nitrogen and oxygen atoms in total. The van der Waals surface area contributed by atoms with Crippen LogP contribution in [0.2, 0.25) is 0 Å². The molecule has 1 aromatic heterocycles. The van der Waals surface area contributed by atoms with Crippen LogP contribution in [0.4, 0.5) is 0 Å². The van der Waals surface area contributed by atoms with E-state index in [0.717, 1.165) is 32.8 Å².